The highest BCUT2D eigenvalue weighted by Crippen LogP contribution is 2.35. The smallest absolute Gasteiger partial charge is 0.273 e. The topological polar surface area (TPSA) is 113 Å². The van der Waals surface area contributed by atoms with Crippen LogP contribution in [0.3, 0.4) is 0 Å². The number of ether oxygens (including phenoxy) is 1. The highest BCUT2D eigenvalue weighted by Gasteiger charge is 2.38. The van der Waals surface area contributed by atoms with Gasteiger partial charge < -0.3 is 14.7 Å². The van der Waals surface area contributed by atoms with Crippen LogP contribution in [-0.4, -0.2) is 77.5 Å². The maximum absolute atomic E-state index is 13.3. The summed E-state index contributed by atoms with van der Waals surface area (Å²) in [5.41, 5.74) is 0.213. The molecular formula is C20H25BrN4O5S. The zero-order valence-electron chi connectivity index (χ0n) is 17.5. The third-order valence-electron chi connectivity index (χ3n) is 5.21. The van der Waals surface area contributed by atoms with Gasteiger partial charge in [-0.2, -0.15) is 4.31 Å². The van der Waals surface area contributed by atoms with E-state index in [0.717, 1.165) is 0 Å². The Kier molecular flexibility index (Phi) is 7.30. The summed E-state index contributed by atoms with van der Waals surface area (Å²) in [5, 5.41) is 9.66. The SMILES string of the molecule is C[C@@H]1CN([C@H](C)CO)S(=O)(=O)c2ccc(Br)cc2O[C@@H]1CN(C)C(=O)c1cnccn1. The molecule has 2 aromatic rings. The number of aliphatic hydroxyl groups is 1. The Labute approximate surface area is 190 Å². The lowest BCUT2D eigenvalue weighted by atomic mass is 10.0. The molecule has 0 aliphatic carbocycles. The predicted molar refractivity (Wildman–Crippen MR) is 117 cm³/mol. The lowest BCUT2D eigenvalue weighted by Crippen LogP contribution is -2.50. The molecule has 0 radical (unpaired) electrons. The van der Waals surface area contributed by atoms with E-state index < -0.39 is 22.2 Å². The van der Waals surface area contributed by atoms with Gasteiger partial charge in [0.25, 0.3) is 5.91 Å². The normalized spacial score (nSPS) is 21.8. The Bertz CT molecular complexity index is 1040. The average Bonchev–Trinajstić information content (AvgIpc) is 2.75. The van der Waals surface area contributed by atoms with Crippen LogP contribution in [0.5, 0.6) is 5.75 Å². The summed E-state index contributed by atoms with van der Waals surface area (Å²) in [5.74, 6) is -0.386. The van der Waals surface area contributed by atoms with Gasteiger partial charge in [-0.25, -0.2) is 13.4 Å². The highest BCUT2D eigenvalue weighted by molar-refractivity contribution is 9.10. The van der Waals surface area contributed by atoms with Gasteiger partial charge in [-0.1, -0.05) is 22.9 Å². The molecule has 0 saturated carbocycles. The summed E-state index contributed by atoms with van der Waals surface area (Å²) < 4.78 is 34.7. The van der Waals surface area contributed by atoms with E-state index in [-0.39, 0.29) is 47.9 Å². The Morgan fingerprint density at radius 2 is 2.16 bits per heavy atom. The number of fused-ring (bicyclic) bond motifs is 1. The molecular weight excluding hydrogens is 488 g/mol. The molecule has 2 heterocycles. The van der Waals surface area contributed by atoms with E-state index in [4.69, 9.17) is 4.74 Å². The van der Waals surface area contributed by atoms with Gasteiger partial charge in [0, 0.05) is 42.4 Å². The van der Waals surface area contributed by atoms with Crippen LogP contribution in [0.15, 0.2) is 46.2 Å². The van der Waals surface area contributed by atoms with Crippen molar-refractivity contribution in [3.8, 4) is 5.75 Å². The number of aliphatic hydroxyl groups excluding tert-OH is 1. The summed E-state index contributed by atoms with van der Waals surface area (Å²) in [4.78, 5) is 22.2. The molecule has 1 aromatic heterocycles. The molecule has 1 aromatic carbocycles. The van der Waals surface area contributed by atoms with E-state index in [1.54, 1.807) is 26.1 Å². The molecule has 1 aliphatic rings. The van der Waals surface area contributed by atoms with Crippen molar-refractivity contribution in [1.29, 1.82) is 0 Å². The number of likely N-dealkylation sites (N-methyl/N-ethyl adjacent to an activating group) is 1. The Balaban J connectivity index is 1.96. The maximum Gasteiger partial charge on any atom is 0.273 e. The second-order valence-corrected chi connectivity index (χ2v) is 10.4. The average molecular weight is 513 g/mol. The monoisotopic (exact) mass is 512 g/mol. The van der Waals surface area contributed by atoms with Crippen molar-refractivity contribution in [3.63, 3.8) is 0 Å². The molecule has 0 saturated heterocycles. The first-order chi connectivity index (χ1) is 14.6. The number of nitrogens with zero attached hydrogens (tertiary/aromatic N) is 4. The van der Waals surface area contributed by atoms with E-state index >= 15 is 0 Å². The largest absolute Gasteiger partial charge is 0.487 e. The lowest BCUT2D eigenvalue weighted by Gasteiger charge is -2.37. The lowest BCUT2D eigenvalue weighted by molar-refractivity contribution is 0.0559. The van der Waals surface area contributed by atoms with Gasteiger partial charge in [-0.3, -0.25) is 9.78 Å². The van der Waals surface area contributed by atoms with Crippen LogP contribution in [0.25, 0.3) is 0 Å². The van der Waals surface area contributed by atoms with E-state index in [1.165, 1.54) is 33.9 Å². The quantitative estimate of drug-likeness (QED) is 0.649. The van der Waals surface area contributed by atoms with Crippen molar-refractivity contribution in [2.45, 2.75) is 30.9 Å². The fourth-order valence-electron chi connectivity index (χ4n) is 3.38. The molecule has 0 spiro atoms. The van der Waals surface area contributed by atoms with Crippen LogP contribution < -0.4 is 4.74 Å². The minimum Gasteiger partial charge on any atom is -0.487 e. The second kappa shape index (κ2) is 9.60. The van der Waals surface area contributed by atoms with Crippen molar-refractivity contribution in [2.24, 2.45) is 5.92 Å². The molecule has 11 heteroatoms. The van der Waals surface area contributed by atoms with Gasteiger partial charge in [0.15, 0.2) is 0 Å². The number of hydrogen-bond acceptors (Lipinski definition) is 7. The Morgan fingerprint density at radius 1 is 1.42 bits per heavy atom. The summed E-state index contributed by atoms with van der Waals surface area (Å²) in [6.07, 6.45) is 3.83. The van der Waals surface area contributed by atoms with Gasteiger partial charge in [-0.05, 0) is 25.1 Å². The zero-order chi connectivity index (χ0) is 22.8. The van der Waals surface area contributed by atoms with Crippen LogP contribution in [0.4, 0.5) is 0 Å². The number of amides is 1. The van der Waals surface area contributed by atoms with Crippen LogP contribution >= 0.6 is 15.9 Å². The molecule has 3 atom stereocenters. The molecule has 3 rings (SSSR count). The van der Waals surface area contributed by atoms with Gasteiger partial charge in [0.05, 0.1) is 19.3 Å². The molecule has 1 N–H and O–H groups in total. The first kappa shape index (κ1) is 23.6. The molecule has 9 nitrogen and oxygen atoms in total. The summed E-state index contributed by atoms with van der Waals surface area (Å²) in [6.45, 7) is 3.56. The third kappa shape index (κ3) is 5.05. The van der Waals surface area contributed by atoms with Crippen molar-refractivity contribution in [2.75, 3.05) is 26.7 Å². The number of rotatable bonds is 5. The fraction of sp³-hybridized carbons (Fsp3) is 0.450. The number of carbonyl (C=O) groups excluding carboxylic acids is 1. The van der Waals surface area contributed by atoms with Crippen molar-refractivity contribution < 1.29 is 23.1 Å². The van der Waals surface area contributed by atoms with Crippen molar-refractivity contribution in [3.05, 3.63) is 47.0 Å². The van der Waals surface area contributed by atoms with Gasteiger partial charge in [0.1, 0.15) is 22.4 Å². The van der Waals surface area contributed by atoms with Crippen LogP contribution in [-0.2, 0) is 10.0 Å². The number of hydrogen-bond donors (Lipinski definition) is 1. The Hall–Kier alpha value is -2.08. The predicted octanol–water partition coefficient (Wildman–Crippen LogP) is 1.78. The summed E-state index contributed by atoms with van der Waals surface area (Å²) in [7, 11) is -2.25. The standard InChI is InChI=1S/C20H25BrN4O5S/c1-13-10-25(14(2)12-26)31(28,29)19-5-4-15(21)8-17(19)30-18(13)11-24(3)20(27)16-9-22-6-7-23-16/h4-9,13-14,18,26H,10-12H2,1-3H3/t13-,14-,18-/m1/s1. The minimum absolute atomic E-state index is 0.0239. The molecule has 0 unspecified atom stereocenters. The Morgan fingerprint density at radius 3 is 2.81 bits per heavy atom. The van der Waals surface area contributed by atoms with Crippen LogP contribution in [0.2, 0.25) is 0 Å². The van der Waals surface area contributed by atoms with Crippen LogP contribution in [0, 0.1) is 5.92 Å². The molecule has 0 bridgehead atoms. The van der Waals surface area contributed by atoms with E-state index in [9.17, 15) is 18.3 Å². The van der Waals surface area contributed by atoms with E-state index in [1.807, 2.05) is 6.92 Å². The highest BCUT2D eigenvalue weighted by atomic mass is 79.9. The van der Waals surface area contributed by atoms with Gasteiger partial charge in [-0.15, -0.1) is 0 Å². The van der Waals surface area contributed by atoms with Gasteiger partial charge >= 0.3 is 0 Å². The first-order valence-electron chi connectivity index (χ1n) is 9.75. The number of carbonyl (C=O) groups is 1. The number of aromatic nitrogens is 2. The molecule has 0 fully saturated rings. The van der Waals surface area contributed by atoms with Crippen LogP contribution in [0.1, 0.15) is 24.3 Å². The second-order valence-electron chi connectivity index (χ2n) is 7.61. The van der Waals surface area contributed by atoms with Crippen molar-refractivity contribution >= 4 is 31.9 Å². The number of sulfonamides is 1. The van der Waals surface area contributed by atoms with E-state index in [2.05, 4.69) is 25.9 Å². The van der Waals surface area contributed by atoms with Crippen molar-refractivity contribution in [1.82, 2.24) is 19.2 Å². The number of benzene rings is 1. The molecule has 168 valence electrons. The maximum atomic E-state index is 13.3. The van der Waals surface area contributed by atoms with Gasteiger partial charge in [0.2, 0.25) is 10.0 Å². The molecule has 1 amide bonds. The first-order valence-corrected chi connectivity index (χ1v) is 12.0. The molecule has 31 heavy (non-hydrogen) atoms. The zero-order valence-corrected chi connectivity index (χ0v) is 19.9. The number of halogens is 1. The summed E-state index contributed by atoms with van der Waals surface area (Å²) >= 11 is 3.36. The summed E-state index contributed by atoms with van der Waals surface area (Å²) in [6, 6.07) is 4.10. The third-order valence-corrected chi connectivity index (χ3v) is 7.72. The molecule has 1 aliphatic heterocycles. The fourth-order valence-corrected chi connectivity index (χ4v) is 5.54. The van der Waals surface area contributed by atoms with E-state index in [0.29, 0.717) is 4.47 Å². The minimum atomic E-state index is -3.89.